The van der Waals surface area contributed by atoms with Crippen molar-refractivity contribution in [2.24, 2.45) is 5.73 Å². The Morgan fingerprint density at radius 1 is 0.875 bits per heavy atom. The molecule has 392 valence electrons. The number of methoxy groups -OCH3 is 1. The lowest BCUT2D eigenvalue weighted by Gasteiger charge is -2.44. The first-order valence-corrected chi connectivity index (χ1v) is 23.6. The lowest BCUT2D eigenvalue weighted by atomic mass is 9.95. The molecule has 23 nitrogen and oxygen atoms in total. The van der Waals surface area contributed by atoms with E-state index in [9.17, 15) is 53.4 Å². The van der Waals surface area contributed by atoms with E-state index in [2.05, 4.69) is 31.9 Å². The summed E-state index contributed by atoms with van der Waals surface area (Å²) in [5, 5.41) is 34.5. The van der Waals surface area contributed by atoms with Crippen LogP contribution >= 0.6 is 0 Å². The number of esters is 1. The van der Waals surface area contributed by atoms with Crippen LogP contribution in [0.2, 0.25) is 0 Å². The number of allylic oxidation sites excluding steroid dienone is 1. The number of carbonyl (C=O) groups is 10. The van der Waals surface area contributed by atoms with Crippen molar-refractivity contribution in [3.63, 3.8) is 0 Å². The molecule has 2 heterocycles. The topological polar surface area (TPSA) is 334 Å². The van der Waals surface area contributed by atoms with Crippen LogP contribution in [0, 0.1) is 0 Å². The summed E-state index contributed by atoms with van der Waals surface area (Å²) >= 11 is 0. The summed E-state index contributed by atoms with van der Waals surface area (Å²) in [6.07, 6.45) is -2.81. The van der Waals surface area contributed by atoms with Gasteiger partial charge in [-0.25, -0.2) is 4.79 Å². The number of benzene rings is 2. The van der Waals surface area contributed by atoms with Gasteiger partial charge in [0.25, 0.3) is 0 Å². The number of fused-ring (bicyclic) bond motifs is 2. The SMILES string of the molecule is C/C=C(\C)C(=O)N[C@@H](CCC(N)=O)C(=O)N[C@@H]1C(=O)N[C@@H](CCC(=O)NCCO)C(=O)N[C@@H]2CC[C@@H](OC)N(C2=O)[C@@H](Cc2ccccc2)C(=O)N(C)[C@H](Cc2ccc(O)cc2)C(=O)N[C@@H](C)C(=O)O[C@H]1C. The molecule has 2 saturated heterocycles. The van der Waals surface area contributed by atoms with Gasteiger partial charge in [-0.3, -0.25) is 43.2 Å². The number of aromatic hydroxyl groups is 1. The molecule has 0 spiro atoms. The molecule has 4 rings (SSSR count). The minimum atomic E-state index is -1.88. The summed E-state index contributed by atoms with van der Waals surface area (Å²) in [6, 6.07) is 4.05. The zero-order valence-electron chi connectivity index (χ0n) is 41.3. The summed E-state index contributed by atoms with van der Waals surface area (Å²) < 4.78 is 11.5. The highest BCUT2D eigenvalue weighted by molar-refractivity contribution is 6.00. The first kappa shape index (κ1) is 57.2. The number of ether oxygens (including phenoxy) is 2. The van der Waals surface area contributed by atoms with Crippen LogP contribution in [-0.2, 0) is 70.3 Å². The fourth-order valence-electron chi connectivity index (χ4n) is 8.10. The largest absolute Gasteiger partial charge is 0.508 e. The summed E-state index contributed by atoms with van der Waals surface area (Å²) in [5.74, 6) is -8.76. The van der Waals surface area contributed by atoms with Crippen LogP contribution in [0.15, 0.2) is 66.2 Å². The van der Waals surface area contributed by atoms with Crippen molar-refractivity contribution < 1.29 is 67.6 Å². The first-order valence-electron chi connectivity index (χ1n) is 23.6. The van der Waals surface area contributed by atoms with Crippen LogP contribution in [0.5, 0.6) is 5.75 Å². The van der Waals surface area contributed by atoms with Crippen LogP contribution in [0.25, 0.3) is 0 Å². The quantitative estimate of drug-likeness (QED) is 0.0643. The molecule has 2 aromatic rings. The molecule has 9 atom stereocenters. The molecule has 2 fully saturated rings. The number of carbonyl (C=O) groups excluding carboxylic acids is 10. The highest BCUT2D eigenvalue weighted by Crippen LogP contribution is 2.27. The Labute approximate surface area is 417 Å². The third-order valence-corrected chi connectivity index (χ3v) is 12.4. The monoisotopic (exact) mass is 1010 g/mol. The maximum absolute atomic E-state index is 15.1. The number of rotatable bonds is 17. The molecule has 72 heavy (non-hydrogen) atoms. The molecule has 10 N–H and O–H groups in total. The summed E-state index contributed by atoms with van der Waals surface area (Å²) in [4.78, 5) is 141. The Kier molecular flexibility index (Phi) is 21.7. The number of hydrogen-bond donors (Lipinski definition) is 9. The van der Waals surface area contributed by atoms with Gasteiger partial charge >= 0.3 is 5.97 Å². The molecule has 2 bridgehead atoms. The van der Waals surface area contributed by atoms with Crippen LogP contribution in [0.1, 0.15) is 77.3 Å². The molecular formula is C49H67N9O14. The van der Waals surface area contributed by atoms with E-state index in [1.54, 1.807) is 49.4 Å². The average Bonchev–Trinajstić information content (AvgIpc) is 3.35. The zero-order valence-corrected chi connectivity index (χ0v) is 41.3. The van der Waals surface area contributed by atoms with E-state index in [4.69, 9.17) is 15.2 Å². The van der Waals surface area contributed by atoms with E-state index >= 15 is 4.79 Å². The molecule has 2 aromatic carbocycles. The van der Waals surface area contributed by atoms with Crippen LogP contribution in [0.3, 0.4) is 0 Å². The molecule has 0 radical (unpaired) electrons. The maximum atomic E-state index is 15.1. The average molecular weight is 1010 g/mol. The van der Waals surface area contributed by atoms with Gasteiger partial charge in [0.05, 0.1) is 6.61 Å². The van der Waals surface area contributed by atoms with Crippen LogP contribution in [-0.4, -0.2) is 161 Å². The van der Waals surface area contributed by atoms with E-state index in [-0.39, 0.29) is 56.4 Å². The number of primary amides is 1. The predicted molar refractivity (Wildman–Crippen MR) is 257 cm³/mol. The Balaban J connectivity index is 1.87. The van der Waals surface area contributed by atoms with Crippen molar-refractivity contribution in [2.75, 3.05) is 27.3 Å². The third kappa shape index (κ3) is 16.1. The van der Waals surface area contributed by atoms with Gasteiger partial charge in [0.1, 0.15) is 60.4 Å². The van der Waals surface area contributed by atoms with Crippen molar-refractivity contribution >= 4 is 59.1 Å². The Morgan fingerprint density at radius 3 is 2.15 bits per heavy atom. The van der Waals surface area contributed by atoms with E-state index < -0.39 is 133 Å². The lowest BCUT2D eigenvalue weighted by Crippen LogP contribution is -2.65. The van der Waals surface area contributed by atoms with Crippen LogP contribution in [0.4, 0.5) is 0 Å². The van der Waals surface area contributed by atoms with Crippen molar-refractivity contribution in [1.29, 1.82) is 0 Å². The number of phenols is 1. The smallest absolute Gasteiger partial charge is 0.328 e. The van der Waals surface area contributed by atoms with Gasteiger partial charge in [-0.15, -0.1) is 0 Å². The second kappa shape index (κ2) is 27.3. The standard InChI is InChI=1S/C49H67N9O14/c1-7-27(2)42(63)53-33(17-20-38(50)61)44(65)56-41-29(4)72-49(70)28(3)52-45(66)36(25-31-13-15-32(60)16-14-31)57(5)48(69)37(26-30-11-9-8-10-12-30)58-40(71-6)22-19-35(47(58)68)55-43(64)34(54-46(41)67)18-21-39(62)51-23-24-59/h7-16,28-29,33-37,40-41,59-60H,17-26H2,1-6H3,(H2,50,61)(H,51,62)(H,52,66)(H,53,63)(H,54,67)(H,55,64)(H,56,65)/b27-7+/t28-,29-,33-,34-,35+,36+,37-,40+,41-/m0/s1. The molecule has 0 aromatic heterocycles. The number of nitrogens with one attached hydrogen (secondary N) is 6. The Bertz CT molecular complexity index is 2310. The number of aliphatic hydroxyl groups is 1. The Morgan fingerprint density at radius 2 is 1.53 bits per heavy atom. The third-order valence-electron chi connectivity index (χ3n) is 12.4. The number of hydrogen-bond acceptors (Lipinski definition) is 14. The summed E-state index contributed by atoms with van der Waals surface area (Å²) in [6.45, 7) is 5.04. The number of nitrogens with two attached hydrogens (primary N) is 1. The van der Waals surface area contributed by atoms with Crippen molar-refractivity contribution in [1.82, 2.24) is 41.7 Å². The van der Waals surface area contributed by atoms with E-state index in [1.807, 2.05) is 0 Å². The number of amides is 9. The maximum Gasteiger partial charge on any atom is 0.328 e. The van der Waals surface area contributed by atoms with Crippen LogP contribution < -0.4 is 37.6 Å². The number of likely N-dealkylation sites (N-methyl/N-ethyl adjacent to an activating group) is 1. The minimum absolute atomic E-state index is 0.0140. The van der Waals surface area contributed by atoms with Gasteiger partial charge in [-0.2, -0.15) is 0 Å². The number of nitrogens with zero attached hydrogens (tertiary/aromatic N) is 2. The molecule has 2 aliphatic heterocycles. The minimum Gasteiger partial charge on any atom is -0.508 e. The first-order chi connectivity index (χ1) is 34.2. The van der Waals surface area contributed by atoms with Gasteiger partial charge in [-0.05, 0) is 76.6 Å². The highest BCUT2D eigenvalue weighted by atomic mass is 16.5. The molecule has 9 amide bonds. The van der Waals surface area contributed by atoms with Gasteiger partial charge in [0, 0.05) is 52.0 Å². The van der Waals surface area contributed by atoms with E-state index in [0.29, 0.717) is 11.1 Å². The van der Waals surface area contributed by atoms with Gasteiger partial charge in [0.2, 0.25) is 53.2 Å². The fraction of sp³-hybridized carbons (Fsp3) is 0.510. The fourth-order valence-corrected chi connectivity index (χ4v) is 8.10. The summed E-state index contributed by atoms with van der Waals surface area (Å²) in [5.41, 5.74) is 6.70. The molecule has 0 aliphatic carbocycles. The van der Waals surface area contributed by atoms with Crippen molar-refractivity contribution in [3.05, 3.63) is 77.4 Å². The number of cyclic esters (lactones) is 1. The van der Waals surface area contributed by atoms with E-state index in [0.717, 1.165) is 4.90 Å². The Hall–Kier alpha value is -7.40. The number of phenolic OH excluding ortho intramolecular Hbond substituents is 1. The molecular weight excluding hydrogens is 939 g/mol. The summed E-state index contributed by atoms with van der Waals surface area (Å²) in [7, 11) is 2.71. The highest BCUT2D eigenvalue weighted by Gasteiger charge is 2.46. The van der Waals surface area contributed by atoms with Gasteiger partial charge in [-0.1, -0.05) is 48.5 Å². The lowest BCUT2D eigenvalue weighted by molar-refractivity contribution is -0.168. The van der Waals surface area contributed by atoms with Gasteiger partial charge in [0.15, 0.2) is 0 Å². The second-order valence-electron chi connectivity index (χ2n) is 17.7. The van der Waals surface area contributed by atoms with E-state index in [1.165, 1.54) is 58.0 Å². The second-order valence-corrected chi connectivity index (χ2v) is 17.7. The molecule has 0 unspecified atom stereocenters. The van der Waals surface area contributed by atoms with Crippen molar-refractivity contribution in [3.8, 4) is 5.75 Å². The van der Waals surface area contributed by atoms with Gasteiger partial charge < -0.3 is 67.1 Å². The molecule has 2 aliphatic rings. The number of piperidine rings is 1. The molecule has 23 heteroatoms. The molecule has 0 saturated carbocycles. The zero-order chi connectivity index (χ0) is 53.2. The normalized spacial score (nSPS) is 24.2. The van der Waals surface area contributed by atoms with Crippen molar-refractivity contribution in [2.45, 2.75) is 134 Å². The number of aliphatic hydroxyl groups excluding tert-OH is 1. The predicted octanol–water partition coefficient (Wildman–Crippen LogP) is -1.52.